The third-order valence-electron chi connectivity index (χ3n) is 2.54. The van der Waals surface area contributed by atoms with Crippen molar-refractivity contribution in [3.05, 3.63) is 5.82 Å². The highest BCUT2D eigenvalue weighted by Gasteiger charge is 2.36. The molecule has 0 bridgehead atoms. The second-order valence-electron chi connectivity index (χ2n) is 3.62. The Morgan fingerprint density at radius 3 is 2.40 bits per heavy atom. The van der Waals surface area contributed by atoms with Gasteiger partial charge in [-0.2, -0.15) is 4.98 Å². The van der Waals surface area contributed by atoms with Gasteiger partial charge in [0.2, 0.25) is 5.92 Å². The lowest BCUT2D eigenvalue weighted by atomic mass is 9.86. The Labute approximate surface area is 91.6 Å². The maximum atomic E-state index is 12.8. The predicted molar refractivity (Wildman–Crippen MR) is 52.1 cm³/mol. The van der Waals surface area contributed by atoms with Crippen LogP contribution in [0.1, 0.15) is 37.4 Å². The summed E-state index contributed by atoms with van der Waals surface area (Å²) in [5.41, 5.74) is 5.25. The van der Waals surface area contributed by atoms with Gasteiger partial charge in [-0.3, -0.25) is 0 Å². The second-order valence-corrected chi connectivity index (χ2v) is 3.62. The molecule has 4 nitrogen and oxygen atoms in total. The van der Waals surface area contributed by atoms with E-state index in [9.17, 15) is 8.78 Å². The van der Waals surface area contributed by atoms with Crippen LogP contribution in [-0.2, 0) is 0 Å². The van der Waals surface area contributed by atoms with Crippen LogP contribution in [0.3, 0.4) is 0 Å². The zero-order valence-corrected chi connectivity index (χ0v) is 8.77. The van der Waals surface area contributed by atoms with Crippen LogP contribution in [-0.4, -0.2) is 16.1 Å². The fraction of sp³-hybridized carbons (Fsp3) is 0.750. The zero-order valence-electron chi connectivity index (χ0n) is 7.95. The summed E-state index contributed by atoms with van der Waals surface area (Å²) in [5, 5.41) is 3.63. The molecule has 15 heavy (non-hydrogen) atoms. The highest BCUT2D eigenvalue weighted by molar-refractivity contribution is 5.85. The van der Waals surface area contributed by atoms with E-state index >= 15 is 0 Å². The monoisotopic (exact) mass is 239 g/mol. The standard InChI is InChI=1S/C8H11F2N3O.ClH/c9-8(10)3-1-5(2-4-8)6-12-7(11)14-13-6;/h5H,1-4H2,(H2,11,12,13);1H. The van der Waals surface area contributed by atoms with E-state index in [1.54, 1.807) is 0 Å². The van der Waals surface area contributed by atoms with Gasteiger partial charge < -0.3 is 10.3 Å². The normalized spacial score (nSPS) is 20.9. The van der Waals surface area contributed by atoms with Crippen molar-refractivity contribution in [2.75, 3.05) is 5.73 Å². The van der Waals surface area contributed by atoms with Gasteiger partial charge in [-0.25, -0.2) is 8.78 Å². The van der Waals surface area contributed by atoms with E-state index in [-0.39, 0.29) is 37.2 Å². The van der Waals surface area contributed by atoms with Crippen molar-refractivity contribution in [1.29, 1.82) is 0 Å². The number of hydrogen-bond acceptors (Lipinski definition) is 4. The van der Waals surface area contributed by atoms with Crippen LogP contribution in [0.5, 0.6) is 0 Å². The lowest BCUT2D eigenvalue weighted by Crippen LogP contribution is -2.24. The molecule has 2 rings (SSSR count). The summed E-state index contributed by atoms with van der Waals surface area (Å²) in [6.07, 6.45) is 0.580. The van der Waals surface area contributed by atoms with E-state index < -0.39 is 5.92 Å². The first-order valence-corrected chi connectivity index (χ1v) is 4.54. The second kappa shape index (κ2) is 4.30. The molecule has 1 aliphatic carbocycles. The van der Waals surface area contributed by atoms with E-state index in [1.165, 1.54) is 0 Å². The van der Waals surface area contributed by atoms with Gasteiger partial charge in [-0.15, -0.1) is 12.4 Å². The van der Waals surface area contributed by atoms with Crippen LogP contribution in [0.15, 0.2) is 4.52 Å². The zero-order chi connectivity index (χ0) is 10.2. The van der Waals surface area contributed by atoms with Gasteiger partial charge in [0, 0.05) is 18.8 Å². The summed E-state index contributed by atoms with van der Waals surface area (Å²) in [7, 11) is 0. The minimum Gasteiger partial charge on any atom is -0.351 e. The van der Waals surface area contributed by atoms with Crippen LogP contribution in [0, 0.1) is 0 Å². The Kier molecular flexibility index (Phi) is 3.49. The van der Waals surface area contributed by atoms with E-state index in [1.807, 2.05) is 0 Å². The van der Waals surface area contributed by atoms with Crippen molar-refractivity contribution in [2.45, 2.75) is 37.5 Å². The van der Waals surface area contributed by atoms with Gasteiger partial charge in [-0.05, 0) is 12.8 Å². The number of halogens is 3. The molecule has 1 saturated carbocycles. The molecule has 7 heteroatoms. The minimum atomic E-state index is -2.52. The minimum absolute atomic E-state index is 0. The Hall–Kier alpha value is -0.910. The number of alkyl halides is 2. The van der Waals surface area contributed by atoms with Gasteiger partial charge >= 0.3 is 6.01 Å². The van der Waals surface area contributed by atoms with Crippen molar-refractivity contribution in [2.24, 2.45) is 0 Å². The molecule has 0 aliphatic heterocycles. The fourth-order valence-corrected chi connectivity index (χ4v) is 1.71. The smallest absolute Gasteiger partial charge is 0.318 e. The number of nitrogens with zero attached hydrogens (tertiary/aromatic N) is 2. The van der Waals surface area contributed by atoms with E-state index in [0.29, 0.717) is 18.7 Å². The quantitative estimate of drug-likeness (QED) is 0.817. The number of aromatic nitrogens is 2. The highest BCUT2D eigenvalue weighted by Crippen LogP contribution is 2.39. The van der Waals surface area contributed by atoms with E-state index in [0.717, 1.165) is 0 Å². The average molecular weight is 240 g/mol. The van der Waals surface area contributed by atoms with Gasteiger partial charge in [0.25, 0.3) is 0 Å². The summed E-state index contributed by atoms with van der Waals surface area (Å²) < 4.78 is 30.2. The molecule has 0 aromatic carbocycles. The molecule has 2 N–H and O–H groups in total. The largest absolute Gasteiger partial charge is 0.351 e. The van der Waals surface area contributed by atoms with Gasteiger partial charge in [0.15, 0.2) is 5.82 Å². The molecule has 0 amide bonds. The number of nitrogen functional groups attached to an aromatic ring is 1. The predicted octanol–water partition coefficient (Wildman–Crippen LogP) is 2.37. The van der Waals surface area contributed by atoms with E-state index in [2.05, 4.69) is 14.7 Å². The molecule has 1 heterocycles. The molecular weight excluding hydrogens is 228 g/mol. The maximum absolute atomic E-state index is 12.8. The Morgan fingerprint density at radius 2 is 1.93 bits per heavy atom. The van der Waals surface area contributed by atoms with E-state index in [4.69, 9.17) is 5.73 Å². The topological polar surface area (TPSA) is 64.9 Å². The van der Waals surface area contributed by atoms with Crippen molar-refractivity contribution < 1.29 is 13.3 Å². The molecule has 0 atom stereocenters. The third kappa shape index (κ3) is 2.77. The third-order valence-corrected chi connectivity index (χ3v) is 2.54. The number of nitrogens with two attached hydrogens (primary N) is 1. The van der Waals surface area contributed by atoms with Crippen LogP contribution < -0.4 is 5.73 Å². The van der Waals surface area contributed by atoms with Crippen molar-refractivity contribution >= 4 is 18.4 Å². The molecular formula is C8H12ClF2N3O. The molecule has 1 aliphatic rings. The number of anilines is 1. The Balaban J connectivity index is 0.00000112. The average Bonchev–Trinajstić information content (AvgIpc) is 2.52. The molecule has 1 aromatic rings. The van der Waals surface area contributed by atoms with Crippen LogP contribution in [0.2, 0.25) is 0 Å². The molecule has 0 unspecified atom stereocenters. The van der Waals surface area contributed by atoms with Crippen LogP contribution >= 0.6 is 12.4 Å². The first kappa shape index (κ1) is 12.2. The summed E-state index contributed by atoms with van der Waals surface area (Å²) in [5.74, 6) is -2.10. The molecule has 0 spiro atoms. The maximum Gasteiger partial charge on any atom is 0.318 e. The Morgan fingerprint density at radius 1 is 1.33 bits per heavy atom. The first-order chi connectivity index (χ1) is 6.57. The molecule has 1 aromatic heterocycles. The van der Waals surface area contributed by atoms with Gasteiger partial charge in [0.1, 0.15) is 0 Å². The van der Waals surface area contributed by atoms with Crippen molar-refractivity contribution in [3.63, 3.8) is 0 Å². The highest BCUT2D eigenvalue weighted by atomic mass is 35.5. The first-order valence-electron chi connectivity index (χ1n) is 4.54. The van der Waals surface area contributed by atoms with Crippen LogP contribution in [0.25, 0.3) is 0 Å². The van der Waals surface area contributed by atoms with Crippen LogP contribution in [0.4, 0.5) is 14.8 Å². The SMILES string of the molecule is Cl.Nc1nc(C2CCC(F)(F)CC2)no1. The summed E-state index contributed by atoms with van der Waals surface area (Å²) in [6, 6.07) is -0.00247. The lowest BCUT2D eigenvalue weighted by Gasteiger charge is -2.25. The molecule has 86 valence electrons. The molecule has 0 radical (unpaired) electrons. The Bertz CT molecular complexity index is 321. The van der Waals surface area contributed by atoms with Gasteiger partial charge in [0.05, 0.1) is 0 Å². The molecule has 0 saturated heterocycles. The summed E-state index contributed by atoms with van der Waals surface area (Å²) >= 11 is 0. The molecule has 1 fully saturated rings. The summed E-state index contributed by atoms with van der Waals surface area (Å²) in [6.45, 7) is 0. The lowest BCUT2D eigenvalue weighted by molar-refractivity contribution is -0.0389. The van der Waals surface area contributed by atoms with Gasteiger partial charge in [-0.1, -0.05) is 5.16 Å². The van der Waals surface area contributed by atoms with Crippen molar-refractivity contribution in [1.82, 2.24) is 10.1 Å². The summed E-state index contributed by atoms with van der Waals surface area (Å²) in [4.78, 5) is 3.84. The fourth-order valence-electron chi connectivity index (χ4n) is 1.71. The van der Waals surface area contributed by atoms with Crippen molar-refractivity contribution in [3.8, 4) is 0 Å². The number of hydrogen-bond donors (Lipinski definition) is 1. The number of rotatable bonds is 1.